The summed E-state index contributed by atoms with van der Waals surface area (Å²) in [6.45, 7) is 3.99. The van der Waals surface area contributed by atoms with Gasteiger partial charge in [-0.1, -0.05) is 30.9 Å². The van der Waals surface area contributed by atoms with Crippen molar-refractivity contribution in [2.45, 2.75) is 38.6 Å². The normalized spacial score (nSPS) is 20.0. The second-order valence-corrected chi connectivity index (χ2v) is 7.28. The summed E-state index contributed by atoms with van der Waals surface area (Å²) >= 11 is 12.4. The minimum atomic E-state index is 0.142. The van der Waals surface area contributed by atoms with Crippen molar-refractivity contribution in [1.82, 2.24) is 19.5 Å². The molecule has 8 heteroatoms. The lowest BCUT2D eigenvalue weighted by Crippen LogP contribution is -2.38. The molecule has 6 nitrogen and oxygen atoms in total. The molecular weight excluding hydrogens is 349 g/mol. The molecule has 24 heavy (non-hydrogen) atoms. The highest BCUT2D eigenvalue weighted by Crippen LogP contribution is 2.32. The summed E-state index contributed by atoms with van der Waals surface area (Å²) in [6.07, 6.45) is 6.47. The Morgan fingerprint density at radius 2 is 1.75 bits per heavy atom. The molecule has 0 bridgehead atoms. The second kappa shape index (κ2) is 7.02. The van der Waals surface area contributed by atoms with Gasteiger partial charge in [0.05, 0.1) is 13.2 Å². The lowest BCUT2D eigenvalue weighted by atomic mass is 9.89. The molecule has 0 N–H and O–H groups in total. The molecule has 1 aliphatic carbocycles. The minimum Gasteiger partial charge on any atom is -0.378 e. The maximum Gasteiger partial charge on any atom is 0.225 e. The summed E-state index contributed by atoms with van der Waals surface area (Å²) in [6, 6.07) is 0. The zero-order valence-corrected chi connectivity index (χ0v) is 15.1. The monoisotopic (exact) mass is 369 g/mol. The van der Waals surface area contributed by atoms with Crippen molar-refractivity contribution in [3.63, 3.8) is 0 Å². The van der Waals surface area contributed by atoms with Crippen LogP contribution in [0.1, 0.15) is 32.1 Å². The Kier molecular flexibility index (Phi) is 4.79. The van der Waals surface area contributed by atoms with Crippen LogP contribution in [0.4, 0.5) is 5.95 Å². The maximum absolute atomic E-state index is 6.40. The first-order valence-corrected chi connectivity index (χ1v) is 9.40. The third-order valence-electron chi connectivity index (χ3n) is 4.97. The quantitative estimate of drug-likeness (QED) is 0.611. The average Bonchev–Trinajstić information content (AvgIpc) is 2.95. The van der Waals surface area contributed by atoms with E-state index in [1.54, 1.807) is 0 Å². The fourth-order valence-electron chi connectivity index (χ4n) is 3.76. The van der Waals surface area contributed by atoms with Gasteiger partial charge in [0, 0.05) is 19.6 Å². The molecule has 0 aromatic carbocycles. The minimum absolute atomic E-state index is 0.142. The molecule has 130 valence electrons. The van der Waals surface area contributed by atoms with Crippen LogP contribution < -0.4 is 4.90 Å². The highest BCUT2D eigenvalue weighted by atomic mass is 35.5. The second-order valence-electron chi connectivity index (χ2n) is 6.58. The van der Waals surface area contributed by atoms with Crippen molar-refractivity contribution in [2.24, 2.45) is 5.92 Å². The summed E-state index contributed by atoms with van der Waals surface area (Å²) in [4.78, 5) is 15.4. The van der Waals surface area contributed by atoms with Crippen molar-refractivity contribution >= 4 is 40.3 Å². The number of hydrogen-bond acceptors (Lipinski definition) is 5. The molecule has 2 aromatic rings. The van der Waals surface area contributed by atoms with E-state index in [1.165, 1.54) is 32.1 Å². The molecule has 1 aliphatic heterocycles. The molecule has 0 spiro atoms. The number of hydrogen-bond donors (Lipinski definition) is 0. The molecule has 0 atom stereocenters. The van der Waals surface area contributed by atoms with Crippen LogP contribution in [0.2, 0.25) is 10.4 Å². The number of fused-ring (bicyclic) bond motifs is 1. The highest BCUT2D eigenvalue weighted by molar-refractivity contribution is 6.35. The number of ether oxygens (including phenoxy) is 1. The van der Waals surface area contributed by atoms with Crippen LogP contribution in [-0.4, -0.2) is 45.8 Å². The zero-order chi connectivity index (χ0) is 16.5. The van der Waals surface area contributed by atoms with Gasteiger partial charge in [0.2, 0.25) is 11.2 Å². The first kappa shape index (κ1) is 16.4. The van der Waals surface area contributed by atoms with Crippen LogP contribution in [-0.2, 0) is 11.3 Å². The van der Waals surface area contributed by atoms with Crippen molar-refractivity contribution in [1.29, 1.82) is 0 Å². The SMILES string of the molecule is Clc1nc(Cl)c2c(n1)nc(N1CCOCC1)n2CC1CCCCC1. The smallest absolute Gasteiger partial charge is 0.225 e. The Labute approximate surface area is 151 Å². The fourth-order valence-corrected chi connectivity index (χ4v) is 4.24. The standard InChI is InChI=1S/C16H21Cl2N5O/c17-13-12-14(20-15(18)19-13)21-16(22-6-8-24-9-7-22)23(12)10-11-4-2-1-3-5-11/h11H,1-10H2. The number of anilines is 1. The number of nitrogens with zero attached hydrogens (tertiary/aromatic N) is 5. The number of morpholine rings is 1. The summed E-state index contributed by atoms with van der Waals surface area (Å²) in [5.74, 6) is 1.57. The van der Waals surface area contributed by atoms with Crippen LogP contribution in [0.25, 0.3) is 11.2 Å². The molecular formula is C16H21Cl2N5O. The molecule has 3 heterocycles. The maximum atomic E-state index is 6.40. The van der Waals surface area contributed by atoms with Crippen LogP contribution >= 0.6 is 23.2 Å². The van der Waals surface area contributed by atoms with Gasteiger partial charge in [-0.15, -0.1) is 0 Å². The molecule has 4 rings (SSSR count). The van der Waals surface area contributed by atoms with Gasteiger partial charge >= 0.3 is 0 Å². The van der Waals surface area contributed by atoms with Gasteiger partial charge in [0.25, 0.3) is 0 Å². The molecule has 1 saturated heterocycles. The lowest BCUT2D eigenvalue weighted by molar-refractivity contribution is 0.121. The average molecular weight is 370 g/mol. The first-order chi connectivity index (χ1) is 11.7. The highest BCUT2D eigenvalue weighted by Gasteiger charge is 2.25. The van der Waals surface area contributed by atoms with E-state index in [9.17, 15) is 0 Å². The van der Waals surface area contributed by atoms with E-state index in [2.05, 4.69) is 19.4 Å². The van der Waals surface area contributed by atoms with E-state index in [4.69, 9.17) is 32.9 Å². The van der Waals surface area contributed by atoms with Gasteiger partial charge in [-0.25, -0.2) is 4.98 Å². The molecule has 2 aromatic heterocycles. The predicted molar refractivity (Wildman–Crippen MR) is 95.0 cm³/mol. The van der Waals surface area contributed by atoms with Crippen LogP contribution in [0.15, 0.2) is 0 Å². The van der Waals surface area contributed by atoms with E-state index in [1.807, 2.05) is 0 Å². The zero-order valence-electron chi connectivity index (χ0n) is 13.5. The Hall–Kier alpha value is -1.11. The van der Waals surface area contributed by atoms with E-state index in [0.717, 1.165) is 31.1 Å². The third-order valence-corrected chi connectivity index (χ3v) is 5.41. The van der Waals surface area contributed by atoms with E-state index in [0.29, 0.717) is 29.9 Å². The lowest BCUT2D eigenvalue weighted by Gasteiger charge is -2.30. The third kappa shape index (κ3) is 3.19. The van der Waals surface area contributed by atoms with Gasteiger partial charge in [0.15, 0.2) is 10.8 Å². The Bertz CT molecular complexity index is 723. The van der Waals surface area contributed by atoms with E-state index >= 15 is 0 Å². The number of imidazole rings is 1. The van der Waals surface area contributed by atoms with Crippen LogP contribution in [0.5, 0.6) is 0 Å². The van der Waals surface area contributed by atoms with E-state index in [-0.39, 0.29) is 5.28 Å². The van der Waals surface area contributed by atoms with Gasteiger partial charge in [-0.05, 0) is 30.4 Å². The molecule has 0 unspecified atom stereocenters. The van der Waals surface area contributed by atoms with Gasteiger partial charge in [-0.3, -0.25) is 0 Å². The van der Waals surface area contributed by atoms with Crippen molar-refractivity contribution in [3.05, 3.63) is 10.4 Å². The van der Waals surface area contributed by atoms with Crippen LogP contribution in [0, 0.1) is 5.92 Å². The molecule has 0 amide bonds. The van der Waals surface area contributed by atoms with Gasteiger partial charge < -0.3 is 14.2 Å². The summed E-state index contributed by atoms with van der Waals surface area (Å²) in [5, 5.41) is 0.524. The van der Waals surface area contributed by atoms with Crippen molar-refractivity contribution in [3.8, 4) is 0 Å². The predicted octanol–water partition coefficient (Wildman–Crippen LogP) is 3.55. The summed E-state index contributed by atoms with van der Waals surface area (Å²) in [5.41, 5.74) is 1.38. The number of halogens is 2. The fraction of sp³-hybridized carbons (Fsp3) is 0.688. The van der Waals surface area contributed by atoms with Crippen molar-refractivity contribution in [2.75, 3.05) is 31.2 Å². The van der Waals surface area contributed by atoms with Crippen LogP contribution in [0.3, 0.4) is 0 Å². The molecule has 1 saturated carbocycles. The van der Waals surface area contributed by atoms with Gasteiger partial charge in [0.1, 0.15) is 5.52 Å². The topological polar surface area (TPSA) is 56.1 Å². The molecule has 2 fully saturated rings. The number of aromatic nitrogens is 4. The first-order valence-electron chi connectivity index (χ1n) is 8.64. The Balaban J connectivity index is 1.76. The van der Waals surface area contributed by atoms with Gasteiger partial charge in [-0.2, -0.15) is 9.97 Å². The largest absolute Gasteiger partial charge is 0.378 e. The Morgan fingerprint density at radius 3 is 2.50 bits per heavy atom. The van der Waals surface area contributed by atoms with E-state index < -0.39 is 0 Å². The summed E-state index contributed by atoms with van der Waals surface area (Å²) < 4.78 is 7.68. The molecule has 0 radical (unpaired) electrons. The summed E-state index contributed by atoms with van der Waals surface area (Å²) in [7, 11) is 0. The molecule has 2 aliphatic rings. The van der Waals surface area contributed by atoms with Crippen molar-refractivity contribution < 1.29 is 4.74 Å². The number of rotatable bonds is 3. The Morgan fingerprint density at radius 1 is 1.00 bits per heavy atom.